The molecule has 0 fully saturated rings. The van der Waals surface area contributed by atoms with Crippen molar-refractivity contribution in [3.8, 4) is 11.8 Å². The van der Waals surface area contributed by atoms with E-state index in [1.165, 1.54) is 7.11 Å². The number of rotatable bonds is 10. The van der Waals surface area contributed by atoms with Crippen LogP contribution in [0.5, 0.6) is 5.75 Å². The number of fused-ring (bicyclic) bond motifs is 2. The largest absolute Gasteiger partial charge is 0.481 e. The number of aromatic nitrogens is 3. The average Bonchev–Trinajstić information content (AvgIpc) is 3.49. The van der Waals surface area contributed by atoms with Crippen LogP contribution < -0.4 is 4.74 Å². The Hall–Kier alpha value is -3.65. The molecule has 1 unspecified atom stereocenters. The first-order valence-electron chi connectivity index (χ1n) is 12.5. The number of carbonyl (C=O) groups excluding carboxylic acids is 1. The van der Waals surface area contributed by atoms with Crippen LogP contribution in [0.1, 0.15) is 29.4 Å². The van der Waals surface area contributed by atoms with Crippen molar-refractivity contribution >= 4 is 36.0 Å². The first-order valence-corrected chi connectivity index (χ1v) is 16.2. The first kappa shape index (κ1) is 27.4. The summed E-state index contributed by atoms with van der Waals surface area (Å²) in [6.45, 7) is 10.9. The summed E-state index contributed by atoms with van der Waals surface area (Å²) in [5, 5.41) is 22.4. The summed E-state index contributed by atoms with van der Waals surface area (Å²) in [5.74, 6) is 0.153. The highest BCUT2D eigenvalue weighted by Crippen LogP contribution is 2.42. The fourth-order valence-electron chi connectivity index (χ4n) is 4.54. The molecule has 0 aliphatic rings. The lowest BCUT2D eigenvalue weighted by Crippen LogP contribution is -2.30. The predicted octanol–water partition coefficient (Wildman–Crippen LogP) is 4.82. The van der Waals surface area contributed by atoms with Crippen molar-refractivity contribution in [2.24, 2.45) is 0 Å². The number of hydrogen-bond donors (Lipinski definition) is 2. The van der Waals surface area contributed by atoms with Gasteiger partial charge in [0.05, 0.1) is 29.8 Å². The van der Waals surface area contributed by atoms with Crippen LogP contribution in [0.4, 0.5) is 0 Å². The number of aryl methyl sites for hydroxylation is 1. The van der Waals surface area contributed by atoms with Gasteiger partial charge in [-0.15, -0.1) is 0 Å². The number of nitrogens with zero attached hydrogens (tertiary/aromatic N) is 3. The van der Waals surface area contributed by atoms with Crippen molar-refractivity contribution in [2.45, 2.75) is 51.9 Å². The van der Waals surface area contributed by atoms with E-state index in [0.29, 0.717) is 34.8 Å². The van der Waals surface area contributed by atoms with Crippen LogP contribution in [0.25, 0.3) is 21.9 Å². The van der Waals surface area contributed by atoms with Gasteiger partial charge in [-0.25, -0.2) is 9.78 Å². The number of carbonyl (C=O) groups is 1. The van der Waals surface area contributed by atoms with Crippen LogP contribution in [-0.2, 0) is 26.6 Å². The van der Waals surface area contributed by atoms with E-state index in [1.54, 1.807) is 31.3 Å². The van der Waals surface area contributed by atoms with Gasteiger partial charge in [-0.2, -0.15) is 5.26 Å². The van der Waals surface area contributed by atoms with Crippen LogP contribution in [-0.4, -0.2) is 54.0 Å². The summed E-state index contributed by atoms with van der Waals surface area (Å²) in [7, 11) is -0.00372. The second-order valence-corrected chi connectivity index (χ2v) is 16.4. The summed E-state index contributed by atoms with van der Waals surface area (Å²) in [6.07, 6.45) is 1.79. The number of nitriles is 1. The number of esters is 1. The number of nitrogens with one attached hydrogen (secondary N) is 1. The lowest BCUT2D eigenvalue weighted by atomic mass is 9.89. The lowest BCUT2D eigenvalue weighted by Gasteiger charge is -2.28. The maximum atomic E-state index is 12.3. The Kier molecular flexibility index (Phi) is 7.65. The fraction of sp³-hybridized carbons (Fsp3) is 0.393. The molecule has 0 saturated heterocycles. The van der Waals surface area contributed by atoms with E-state index < -0.39 is 19.6 Å². The number of aliphatic hydroxyl groups is 1. The minimum absolute atomic E-state index is 0.179. The normalized spacial score (nSPS) is 13.4. The maximum Gasteiger partial charge on any atom is 0.343 e. The Morgan fingerprint density at radius 1 is 1.26 bits per heavy atom. The molecule has 38 heavy (non-hydrogen) atoms. The van der Waals surface area contributed by atoms with Gasteiger partial charge in [0.25, 0.3) is 0 Å². The van der Waals surface area contributed by atoms with Crippen molar-refractivity contribution in [1.29, 1.82) is 5.26 Å². The highest BCUT2D eigenvalue weighted by Gasteiger charge is 2.37. The topological polar surface area (TPSA) is 122 Å². The molecule has 0 aliphatic heterocycles. The van der Waals surface area contributed by atoms with E-state index in [0.717, 1.165) is 28.0 Å². The van der Waals surface area contributed by atoms with E-state index >= 15 is 0 Å². The quantitative estimate of drug-likeness (QED) is 0.170. The van der Waals surface area contributed by atoms with Crippen LogP contribution in [0.3, 0.4) is 0 Å². The zero-order valence-corrected chi connectivity index (χ0v) is 23.7. The molecule has 0 spiro atoms. The Morgan fingerprint density at radius 2 is 2.03 bits per heavy atom. The summed E-state index contributed by atoms with van der Waals surface area (Å²) in [5.41, 5.74) is 2.32. The van der Waals surface area contributed by atoms with Gasteiger partial charge >= 0.3 is 5.97 Å². The molecule has 4 aromatic rings. The average molecular weight is 535 g/mol. The third-order valence-corrected chi connectivity index (χ3v) is 8.30. The van der Waals surface area contributed by atoms with E-state index in [1.807, 2.05) is 23.6 Å². The number of H-pyrrole nitrogens is 1. The summed E-state index contributed by atoms with van der Waals surface area (Å²) in [6, 6.07) is 12.0. The number of hydrogen-bond acceptors (Lipinski definition) is 7. The maximum absolute atomic E-state index is 12.3. The van der Waals surface area contributed by atoms with Gasteiger partial charge in [0.15, 0.2) is 6.61 Å². The van der Waals surface area contributed by atoms with Crippen molar-refractivity contribution in [1.82, 2.24) is 14.5 Å². The number of imidazole rings is 1. The van der Waals surface area contributed by atoms with E-state index in [4.69, 9.17) is 19.2 Å². The third kappa shape index (κ3) is 5.45. The number of ether oxygens (including phenoxy) is 3. The first-order chi connectivity index (χ1) is 18.0. The molecular formula is C28H34N4O5Si. The number of methoxy groups -OCH3 is 1. The molecule has 10 heteroatoms. The van der Waals surface area contributed by atoms with Crippen molar-refractivity contribution < 1.29 is 24.1 Å². The molecule has 2 aromatic carbocycles. The van der Waals surface area contributed by atoms with Crippen LogP contribution in [0, 0.1) is 18.3 Å². The SMILES string of the molecule is COC(=O)COc1cc(C)c2[nH]ccc2c1C(C)(O)c1nc2cc(C#N)ccc2n1COCC[Si](C)(C)C. The molecule has 2 heterocycles. The van der Waals surface area contributed by atoms with Gasteiger partial charge in [-0.05, 0) is 55.8 Å². The molecular weight excluding hydrogens is 500 g/mol. The second kappa shape index (κ2) is 10.6. The molecule has 2 aromatic heterocycles. The predicted molar refractivity (Wildman–Crippen MR) is 148 cm³/mol. The third-order valence-electron chi connectivity index (χ3n) is 6.59. The summed E-state index contributed by atoms with van der Waals surface area (Å²) < 4.78 is 18.6. The van der Waals surface area contributed by atoms with E-state index in [9.17, 15) is 15.2 Å². The summed E-state index contributed by atoms with van der Waals surface area (Å²) in [4.78, 5) is 19.9. The Morgan fingerprint density at radius 3 is 2.71 bits per heavy atom. The Bertz CT molecular complexity index is 1520. The van der Waals surface area contributed by atoms with Crippen molar-refractivity contribution in [3.05, 3.63) is 59.0 Å². The van der Waals surface area contributed by atoms with Crippen molar-refractivity contribution in [3.63, 3.8) is 0 Å². The van der Waals surface area contributed by atoms with E-state index in [-0.39, 0.29) is 13.3 Å². The molecule has 9 nitrogen and oxygen atoms in total. The van der Waals surface area contributed by atoms with Gasteiger partial charge in [0.2, 0.25) is 0 Å². The van der Waals surface area contributed by atoms with E-state index in [2.05, 4.69) is 30.7 Å². The molecule has 2 N–H and O–H groups in total. The molecule has 1 atom stereocenters. The van der Waals surface area contributed by atoms with Gasteiger partial charge in [0, 0.05) is 37.3 Å². The highest BCUT2D eigenvalue weighted by molar-refractivity contribution is 6.76. The zero-order chi connectivity index (χ0) is 27.7. The minimum atomic E-state index is -1.66. The minimum Gasteiger partial charge on any atom is -0.481 e. The zero-order valence-electron chi connectivity index (χ0n) is 22.7. The highest BCUT2D eigenvalue weighted by atomic mass is 28.3. The van der Waals surface area contributed by atoms with Crippen LogP contribution in [0.15, 0.2) is 36.5 Å². The lowest BCUT2D eigenvalue weighted by molar-refractivity contribution is -0.143. The number of benzene rings is 2. The number of aromatic amines is 1. The van der Waals surface area contributed by atoms with Crippen LogP contribution >= 0.6 is 0 Å². The molecule has 0 amide bonds. The molecule has 4 rings (SSSR count). The van der Waals surface area contributed by atoms with Gasteiger partial charge in [-0.3, -0.25) is 0 Å². The monoisotopic (exact) mass is 534 g/mol. The summed E-state index contributed by atoms with van der Waals surface area (Å²) >= 11 is 0. The van der Waals surface area contributed by atoms with Gasteiger partial charge < -0.3 is 28.9 Å². The van der Waals surface area contributed by atoms with Crippen LogP contribution in [0.2, 0.25) is 25.7 Å². The molecule has 0 radical (unpaired) electrons. The molecule has 0 saturated carbocycles. The second-order valence-electron chi connectivity index (χ2n) is 10.8. The van der Waals surface area contributed by atoms with Crippen molar-refractivity contribution in [2.75, 3.05) is 20.3 Å². The Labute approximate surface area is 223 Å². The standard InChI is InChI=1S/C28H34N4O5Si/c1-18-13-23(37-16-24(33)35-3)25(20-9-10-30-26(18)20)28(2,34)27-31-21-14-19(15-29)7-8-22(21)32(27)17-36-11-12-38(4,5)6/h7-10,13-14,30,34H,11-12,16-17H2,1-6H3. The van der Waals surface area contributed by atoms with Gasteiger partial charge in [0.1, 0.15) is 23.9 Å². The molecule has 0 aliphatic carbocycles. The Balaban J connectivity index is 1.87. The molecule has 200 valence electrons. The van der Waals surface area contributed by atoms with Gasteiger partial charge in [-0.1, -0.05) is 19.6 Å². The fourth-order valence-corrected chi connectivity index (χ4v) is 5.29. The smallest absolute Gasteiger partial charge is 0.343 e. The molecule has 0 bridgehead atoms.